The van der Waals surface area contributed by atoms with Crippen molar-refractivity contribution < 1.29 is 9.53 Å². The average Bonchev–Trinajstić information content (AvgIpc) is 2.51. The molecule has 1 amide bonds. The average molecular weight is 285 g/mol. The third kappa shape index (κ3) is 4.21. The van der Waals surface area contributed by atoms with E-state index in [1.54, 1.807) is 25.5 Å². The van der Waals surface area contributed by atoms with E-state index in [0.717, 1.165) is 17.0 Å². The number of aryl methyl sites for hydroxylation is 1. The SMILES string of the molecule is CNc1ccncc1C(=O)NCCOc1cccc(C)c1. The molecule has 0 aliphatic rings. The fourth-order valence-corrected chi connectivity index (χ4v) is 1.93. The van der Waals surface area contributed by atoms with Gasteiger partial charge in [-0.3, -0.25) is 9.78 Å². The smallest absolute Gasteiger partial charge is 0.255 e. The Morgan fingerprint density at radius 3 is 2.95 bits per heavy atom. The van der Waals surface area contributed by atoms with Gasteiger partial charge in [0.25, 0.3) is 5.91 Å². The second-order valence-electron chi connectivity index (χ2n) is 4.59. The Bertz CT molecular complexity index is 614. The quantitative estimate of drug-likeness (QED) is 0.799. The molecule has 1 heterocycles. The van der Waals surface area contributed by atoms with E-state index in [-0.39, 0.29) is 5.91 Å². The van der Waals surface area contributed by atoms with E-state index < -0.39 is 0 Å². The van der Waals surface area contributed by atoms with E-state index in [0.29, 0.717) is 18.7 Å². The highest BCUT2D eigenvalue weighted by molar-refractivity contribution is 5.99. The van der Waals surface area contributed by atoms with Gasteiger partial charge in [-0.15, -0.1) is 0 Å². The van der Waals surface area contributed by atoms with E-state index in [2.05, 4.69) is 15.6 Å². The number of nitrogens with one attached hydrogen (secondary N) is 2. The molecule has 2 N–H and O–H groups in total. The van der Waals surface area contributed by atoms with Crippen molar-refractivity contribution in [3.63, 3.8) is 0 Å². The predicted molar refractivity (Wildman–Crippen MR) is 82.8 cm³/mol. The minimum absolute atomic E-state index is 0.166. The van der Waals surface area contributed by atoms with Gasteiger partial charge in [-0.05, 0) is 30.7 Å². The Morgan fingerprint density at radius 1 is 1.33 bits per heavy atom. The first-order valence-electron chi connectivity index (χ1n) is 6.80. The zero-order valence-electron chi connectivity index (χ0n) is 12.2. The first-order chi connectivity index (χ1) is 10.2. The van der Waals surface area contributed by atoms with Crippen LogP contribution in [0.5, 0.6) is 5.75 Å². The molecule has 1 aromatic carbocycles. The van der Waals surface area contributed by atoms with Crippen LogP contribution in [-0.2, 0) is 0 Å². The van der Waals surface area contributed by atoms with Crippen LogP contribution in [0, 0.1) is 6.92 Å². The summed E-state index contributed by atoms with van der Waals surface area (Å²) in [4.78, 5) is 16.0. The maximum Gasteiger partial charge on any atom is 0.255 e. The maximum absolute atomic E-state index is 12.0. The van der Waals surface area contributed by atoms with E-state index in [1.807, 2.05) is 31.2 Å². The highest BCUT2D eigenvalue weighted by Gasteiger charge is 2.09. The molecule has 0 spiro atoms. The number of carbonyl (C=O) groups excluding carboxylic acids is 1. The van der Waals surface area contributed by atoms with Gasteiger partial charge in [0, 0.05) is 25.1 Å². The summed E-state index contributed by atoms with van der Waals surface area (Å²) < 4.78 is 5.58. The van der Waals surface area contributed by atoms with Gasteiger partial charge in [0.15, 0.2) is 0 Å². The highest BCUT2D eigenvalue weighted by Crippen LogP contribution is 2.13. The minimum Gasteiger partial charge on any atom is -0.492 e. The van der Waals surface area contributed by atoms with Crippen molar-refractivity contribution in [1.29, 1.82) is 0 Å². The number of benzene rings is 1. The van der Waals surface area contributed by atoms with Crippen LogP contribution >= 0.6 is 0 Å². The van der Waals surface area contributed by atoms with Gasteiger partial charge in [-0.2, -0.15) is 0 Å². The molecule has 0 fully saturated rings. The molecule has 1 aromatic heterocycles. The van der Waals surface area contributed by atoms with Crippen LogP contribution in [0.25, 0.3) is 0 Å². The van der Waals surface area contributed by atoms with Crippen LogP contribution in [0.15, 0.2) is 42.7 Å². The predicted octanol–water partition coefficient (Wildman–Crippen LogP) is 2.24. The molecule has 110 valence electrons. The fourth-order valence-electron chi connectivity index (χ4n) is 1.93. The molecule has 0 saturated heterocycles. The van der Waals surface area contributed by atoms with Crippen LogP contribution in [0.4, 0.5) is 5.69 Å². The van der Waals surface area contributed by atoms with Gasteiger partial charge < -0.3 is 15.4 Å². The molecule has 0 unspecified atom stereocenters. The van der Waals surface area contributed by atoms with Gasteiger partial charge in [-0.25, -0.2) is 0 Å². The minimum atomic E-state index is -0.166. The lowest BCUT2D eigenvalue weighted by Crippen LogP contribution is -2.28. The number of anilines is 1. The molecule has 0 bridgehead atoms. The molecule has 21 heavy (non-hydrogen) atoms. The Labute approximate surface area is 124 Å². The molecule has 0 atom stereocenters. The molecular weight excluding hydrogens is 266 g/mol. The summed E-state index contributed by atoms with van der Waals surface area (Å²) in [7, 11) is 1.77. The van der Waals surface area contributed by atoms with Crippen molar-refractivity contribution >= 4 is 11.6 Å². The number of pyridine rings is 1. The lowest BCUT2D eigenvalue weighted by molar-refractivity contribution is 0.0947. The second kappa shape index (κ2) is 7.28. The van der Waals surface area contributed by atoms with E-state index >= 15 is 0 Å². The summed E-state index contributed by atoms with van der Waals surface area (Å²) in [5.74, 6) is 0.641. The van der Waals surface area contributed by atoms with Gasteiger partial charge >= 0.3 is 0 Å². The molecule has 2 rings (SSSR count). The largest absolute Gasteiger partial charge is 0.492 e. The monoisotopic (exact) mass is 285 g/mol. The van der Waals surface area contributed by atoms with Crippen molar-refractivity contribution in [1.82, 2.24) is 10.3 Å². The Kier molecular flexibility index (Phi) is 5.15. The summed E-state index contributed by atoms with van der Waals surface area (Å²) in [5.41, 5.74) is 2.42. The summed E-state index contributed by atoms with van der Waals surface area (Å²) in [6.07, 6.45) is 3.19. The van der Waals surface area contributed by atoms with Gasteiger partial charge in [-0.1, -0.05) is 12.1 Å². The van der Waals surface area contributed by atoms with Crippen molar-refractivity contribution in [3.8, 4) is 5.75 Å². The summed E-state index contributed by atoms with van der Waals surface area (Å²) in [5, 5.41) is 5.78. The van der Waals surface area contributed by atoms with Crippen LogP contribution in [0.2, 0.25) is 0 Å². The molecule has 0 saturated carbocycles. The van der Waals surface area contributed by atoms with Gasteiger partial charge in [0.05, 0.1) is 12.1 Å². The van der Waals surface area contributed by atoms with Crippen molar-refractivity contribution in [2.24, 2.45) is 0 Å². The first kappa shape index (κ1) is 14.8. The Hall–Kier alpha value is -2.56. The first-order valence-corrected chi connectivity index (χ1v) is 6.80. The summed E-state index contributed by atoms with van der Waals surface area (Å²) in [6.45, 7) is 2.87. The van der Waals surface area contributed by atoms with Crippen molar-refractivity contribution in [3.05, 3.63) is 53.9 Å². The molecule has 5 heteroatoms. The zero-order valence-corrected chi connectivity index (χ0v) is 12.2. The normalized spacial score (nSPS) is 10.0. The Balaban J connectivity index is 1.82. The number of ether oxygens (including phenoxy) is 1. The Morgan fingerprint density at radius 2 is 2.19 bits per heavy atom. The number of rotatable bonds is 6. The zero-order chi connectivity index (χ0) is 15.1. The second-order valence-corrected chi connectivity index (χ2v) is 4.59. The lowest BCUT2D eigenvalue weighted by Gasteiger charge is -2.10. The third-order valence-electron chi connectivity index (χ3n) is 2.98. The van der Waals surface area contributed by atoms with Crippen molar-refractivity contribution in [2.75, 3.05) is 25.5 Å². The molecule has 0 aliphatic carbocycles. The standard InChI is InChI=1S/C16H19N3O2/c1-12-4-3-5-13(10-12)21-9-8-19-16(20)14-11-18-7-6-15(14)17-2/h3-7,10-11H,8-9H2,1-2H3,(H,17,18)(H,19,20). The lowest BCUT2D eigenvalue weighted by atomic mass is 10.2. The number of hydrogen-bond acceptors (Lipinski definition) is 4. The molecular formula is C16H19N3O2. The number of hydrogen-bond donors (Lipinski definition) is 2. The van der Waals surface area contributed by atoms with Crippen molar-refractivity contribution in [2.45, 2.75) is 6.92 Å². The number of nitrogens with zero attached hydrogens (tertiary/aromatic N) is 1. The van der Waals surface area contributed by atoms with Crippen LogP contribution in [0.3, 0.4) is 0 Å². The van der Waals surface area contributed by atoms with Crippen LogP contribution in [0.1, 0.15) is 15.9 Å². The topological polar surface area (TPSA) is 63.2 Å². The maximum atomic E-state index is 12.0. The number of carbonyl (C=O) groups is 1. The van der Waals surface area contributed by atoms with E-state index in [1.165, 1.54) is 0 Å². The fraction of sp³-hybridized carbons (Fsp3) is 0.250. The molecule has 5 nitrogen and oxygen atoms in total. The summed E-state index contributed by atoms with van der Waals surface area (Å²) >= 11 is 0. The third-order valence-corrected chi connectivity index (χ3v) is 2.98. The van der Waals surface area contributed by atoms with E-state index in [9.17, 15) is 4.79 Å². The van der Waals surface area contributed by atoms with E-state index in [4.69, 9.17) is 4.74 Å². The molecule has 0 aliphatic heterocycles. The van der Waals surface area contributed by atoms with Gasteiger partial charge in [0.2, 0.25) is 0 Å². The molecule has 0 radical (unpaired) electrons. The van der Waals surface area contributed by atoms with Crippen LogP contribution in [-0.4, -0.2) is 31.1 Å². The van der Waals surface area contributed by atoms with Gasteiger partial charge in [0.1, 0.15) is 12.4 Å². The highest BCUT2D eigenvalue weighted by atomic mass is 16.5. The summed E-state index contributed by atoms with van der Waals surface area (Å²) in [6, 6.07) is 9.57. The van der Waals surface area contributed by atoms with Crippen LogP contribution < -0.4 is 15.4 Å². The molecule has 2 aromatic rings. The number of amides is 1. The number of aromatic nitrogens is 1.